The number of nitrogens with zero attached hydrogens (tertiary/aromatic N) is 2. The van der Waals surface area contributed by atoms with Gasteiger partial charge in [0.1, 0.15) is 0 Å². The minimum atomic E-state index is 0.470. The van der Waals surface area contributed by atoms with E-state index in [1.54, 1.807) is 0 Å². The number of hydrogen-bond acceptors (Lipinski definition) is 2. The maximum Gasteiger partial charge on any atom is 0.0625 e. The van der Waals surface area contributed by atoms with Gasteiger partial charge < -0.3 is 0 Å². The van der Waals surface area contributed by atoms with Gasteiger partial charge in [0.05, 0.1) is 6.07 Å². The van der Waals surface area contributed by atoms with Crippen molar-refractivity contribution in [3.63, 3.8) is 0 Å². The van der Waals surface area contributed by atoms with E-state index in [0.717, 1.165) is 13.1 Å². The van der Waals surface area contributed by atoms with Crippen LogP contribution in [-0.4, -0.2) is 18.0 Å². The minimum absolute atomic E-state index is 0.470. The normalized spacial score (nSPS) is 22.9. The molecule has 2 atom stereocenters. The van der Waals surface area contributed by atoms with Crippen molar-refractivity contribution < 1.29 is 0 Å². The van der Waals surface area contributed by atoms with Gasteiger partial charge in [0.15, 0.2) is 0 Å². The monoisotopic (exact) mass is 228 g/mol. The van der Waals surface area contributed by atoms with Crippen LogP contribution in [0.5, 0.6) is 0 Å². The number of benzene rings is 1. The first-order valence-electron chi connectivity index (χ1n) is 6.47. The van der Waals surface area contributed by atoms with Gasteiger partial charge in [-0.2, -0.15) is 5.26 Å². The highest BCUT2D eigenvalue weighted by molar-refractivity contribution is 5.18. The molecule has 0 bridgehead atoms. The molecule has 1 aliphatic rings. The van der Waals surface area contributed by atoms with E-state index in [-0.39, 0.29) is 0 Å². The molecule has 17 heavy (non-hydrogen) atoms. The lowest BCUT2D eigenvalue weighted by molar-refractivity contribution is 0.133. The topological polar surface area (TPSA) is 27.0 Å². The lowest BCUT2D eigenvalue weighted by atomic mass is 9.93. The summed E-state index contributed by atoms with van der Waals surface area (Å²) in [5.41, 5.74) is 1.38. The van der Waals surface area contributed by atoms with Crippen LogP contribution in [0.15, 0.2) is 30.3 Å². The summed E-state index contributed by atoms with van der Waals surface area (Å²) in [5, 5.41) is 8.79. The molecule has 1 aliphatic heterocycles. The minimum Gasteiger partial charge on any atom is -0.296 e. The second-order valence-electron chi connectivity index (χ2n) is 4.95. The van der Waals surface area contributed by atoms with Crippen LogP contribution in [0.25, 0.3) is 0 Å². The molecular weight excluding hydrogens is 208 g/mol. The summed E-state index contributed by atoms with van der Waals surface area (Å²) in [6.45, 7) is 4.51. The Morgan fingerprint density at radius 2 is 2.18 bits per heavy atom. The SMILES string of the molecule is CC(c1ccccc1)N1CCCC(CC#N)C1. The van der Waals surface area contributed by atoms with Crippen LogP contribution in [0.3, 0.4) is 0 Å². The smallest absolute Gasteiger partial charge is 0.0625 e. The highest BCUT2D eigenvalue weighted by Crippen LogP contribution is 2.27. The summed E-state index contributed by atoms with van der Waals surface area (Å²) in [6, 6.07) is 13.4. The van der Waals surface area contributed by atoms with Crippen LogP contribution < -0.4 is 0 Å². The van der Waals surface area contributed by atoms with Gasteiger partial charge in [0, 0.05) is 19.0 Å². The lowest BCUT2D eigenvalue weighted by Gasteiger charge is -2.36. The molecular formula is C15H20N2. The van der Waals surface area contributed by atoms with Crippen LogP contribution in [-0.2, 0) is 0 Å². The molecule has 0 spiro atoms. The van der Waals surface area contributed by atoms with Gasteiger partial charge in [0.25, 0.3) is 0 Å². The van der Waals surface area contributed by atoms with Gasteiger partial charge in [-0.3, -0.25) is 4.90 Å². The molecule has 2 heteroatoms. The molecule has 0 radical (unpaired) electrons. The fraction of sp³-hybridized carbons (Fsp3) is 0.533. The van der Waals surface area contributed by atoms with Crippen molar-refractivity contribution in [2.75, 3.05) is 13.1 Å². The molecule has 2 unspecified atom stereocenters. The average molecular weight is 228 g/mol. The Bertz CT molecular complexity index is 380. The highest BCUT2D eigenvalue weighted by Gasteiger charge is 2.23. The summed E-state index contributed by atoms with van der Waals surface area (Å²) in [4.78, 5) is 2.51. The number of hydrogen-bond donors (Lipinski definition) is 0. The molecule has 2 nitrogen and oxygen atoms in total. The Labute approximate surface area is 104 Å². The van der Waals surface area contributed by atoms with E-state index in [1.165, 1.54) is 18.4 Å². The molecule has 0 aliphatic carbocycles. The molecule has 1 heterocycles. The number of piperidine rings is 1. The molecule has 1 saturated heterocycles. The fourth-order valence-electron chi connectivity index (χ4n) is 2.69. The summed E-state index contributed by atoms with van der Waals surface area (Å²) < 4.78 is 0. The van der Waals surface area contributed by atoms with Crippen molar-refractivity contribution in [1.82, 2.24) is 4.90 Å². The molecule has 0 N–H and O–H groups in total. The van der Waals surface area contributed by atoms with Crippen LogP contribution in [0.1, 0.15) is 37.8 Å². The molecule has 1 aromatic carbocycles. The highest BCUT2D eigenvalue weighted by atomic mass is 15.2. The summed E-state index contributed by atoms with van der Waals surface area (Å²) in [5.74, 6) is 0.569. The zero-order chi connectivity index (χ0) is 12.1. The Hall–Kier alpha value is -1.33. The molecule has 90 valence electrons. The second-order valence-corrected chi connectivity index (χ2v) is 4.95. The van der Waals surface area contributed by atoms with Crippen molar-refractivity contribution in [3.8, 4) is 6.07 Å². The zero-order valence-corrected chi connectivity index (χ0v) is 10.5. The number of rotatable bonds is 3. The third-order valence-corrected chi connectivity index (χ3v) is 3.76. The molecule has 1 aromatic rings. The molecule has 1 fully saturated rings. The fourth-order valence-corrected chi connectivity index (χ4v) is 2.69. The third kappa shape index (κ3) is 3.08. The summed E-state index contributed by atoms with van der Waals surface area (Å²) >= 11 is 0. The van der Waals surface area contributed by atoms with E-state index in [9.17, 15) is 0 Å². The van der Waals surface area contributed by atoms with Gasteiger partial charge in [-0.05, 0) is 37.8 Å². The van der Waals surface area contributed by atoms with E-state index >= 15 is 0 Å². The Morgan fingerprint density at radius 1 is 1.41 bits per heavy atom. The predicted molar refractivity (Wildman–Crippen MR) is 69.4 cm³/mol. The Kier molecular flexibility index (Phi) is 4.17. The van der Waals surface area contributed by atoms with Crippen molar-refractivity contribution in [2.24, 2.45) is 5.92 Å². The lowest BCUT2D eigenvalue weighted by Crippen LogP contribution is -2.37. The second kappa shape index (κ2) is 5.84. The maximum absolute atomic E-state index is 8.79. The largest absolute Gasteiger partial charge is 0.296 e. The van der Waals surface area contributed by atoms with Gasteiger partial charge in [-0.15, -0.1) is 0 Å². The van der Waals surface area contributed by atoms with Gasteiger partial charge >= 0.3 is 0 Å². The molecule has 0 aromatic heterocycles. The van der Waals surface area contributed by atoms with Crippen molar-refractivity contribution >= 4 is 0 Å². The standard InChI is InChI=1S/C15H20N2/c1-13(15-7-3-2-4-8-15)17-11-5-6-14(12-17)9-10-16/h2-4,7-8,13-14H,5-6,9,11-12H2,1H3. The van der Waals surface area contributed by atoms with Gasteiger partial charge in [-0.25, -0.2) is 0 Å². The van der Waals surface area contributed by atoms with Crippen molar-refractivity contribution in [3.05, 3.63) is 35.9 Å². The first-order chi connectivity index (χ1) is 8.31. The maximum atomic E-state index is 8.79. The first-order valence-corrected chi connectivity index (χ1v) is 6.47. The van der Waals surface area contributed by atoms with E-state index in [2.05, 4.69) is 48.2 Å². The van der Waals surface area contributed by atoms with E-state index in [0.29, 0.717) is 18.4 Å². The van der Waals surface area contributed by atoms with E-state index < -0.39 is 0 Å². The van der Waals surface area contributed by atoms with Gasteiger partial charge in [-0.1, -0.05) is 30.3 Å². The Morgan fingerprint density at radius 3 is 2.88 bits per heavy atom. The quantitative estimate of drug-likeness (QED) is 0.793. The van der Waals surface area contributed by atoms with E-state index in [1.807, 2.05) is 0 Å². The van der Waals surface area contributed by atoms with Crippen LogP contribution in [0.2, 0.25) is 0 Å². The third-order valence-electron chi connectivity index (χ3n) is 3.76. The van der Waals surface area contributed by atoms with Crippen molar-refractivity contribution in [1.29, 1.82) is 5.26 Å². The summed E-state index contributed by atoms with van der Waals surface area (Å²) in [7, 11) is 0. The van der Waals surface area contributed by atoms with Gasteiger partial charge in [0.2, 0.25) is 0 Å². The molecule has 2 rings (SSSR count). The van der Waals surface area contributed by atoms with E-state index in [4.69, 9.17) is 5.26 Å². The number of nitriles is 1. The molecule has 0 amide bonds. The van der Waals surface area contributed by atoms with Crippen LogP contribution in [0.4, 0.5) is 0 Å². The Balaban J connectivity index is 2.00. The zero-order valence-electron chi connectivity index (χ0n) is 10.5. The summed E-state index contributed by atoms with van der Waals surface area (Å²) in [6.07, 6.45) is 3.15. The average Bonchev–Trinajstić information content (AvgIpc) is 2.40. The van der Waals surface area contributed by atoms with Crippen LogP contribution in [0, 0.1) is 17.2 Å². The first kappa shape index (κ1) is 12.1. The molecule has 0 saturated carbocycles. The number of likely N-dealkylation sites (tertiary alicyclic amines) is 1. The van der Waals surface area contributed by atoms with Crippen LogP contribution >= 0.6 is 0 Å². The predicted octanol–water partition coefficient (Wildman–Crippen LogP) is 3.37. The van der Waals surface area contributed by atoms with Crippen molar-refractivity contribution in [2.45, 2.75) is 32.2 Å².